The normalized spacial score (nSPS) is 12.1. The summed E-state index contributed by atoms with van der Waals surface area (Å²) in [5.74, 6) is -1.51. The van der Waals surface area contributed by atoms with Crippen molar-refractivity contribution in [1.29, 1.82) is 0 Å². The Morgan fingerprint density at radius 3 is 2.67 bits per heavy atom. The zero-order valence-electron chi connectivity index (χ0n) is 11.1. The van der Waals surface area contributed by atoms with Crippen molar-refractivity contribution in [3.63, 3.8) is 0 Å². The Morgan fingerprint density at radius 2 is 2.00 bits per heavy atom. The molecule has 0 amide bonds. The molecule has 0 spiro atoms. The lowest BCUT2D eigenvalue weighted by Gasteiger charge is -2.07. The van der Waals surface area contributed by atoms with Gasteiger partial charge >= 0.3 is 5.97 Å². The first kappa shape index (κ1) is 15.9. The Labute approximate surface area is 132 Å². The second-order valence-corrected chi connectivity index (χ2v) is 6.87. The number of benzene rings is 2. The quantitative estimate of drug-likeness (QED) is 0.887. The number of hydrogen-bond acceptors (Lipinski definition) is 2. The van der Waals surface area contributed by atoms with Crippen LogP contribution in [-0.2, 0) is 16.6 Å². The van der Waals surface area contributed by atoms with Crippen LogP contribution in [0.2, 0.25) is 0 Å². The molecule has 0 aliphatic heterocycles. The monoisotopic (exact) mass is 370 g/mol. The SMILES string of the molecule is Cc1ccc(S(=O)Cc2cc(Br)ccc2F)cc1C(=O)O. The molecule has 21 heavy (non-hydrogen) atoms. The van der Waals surface area contributed by atoms with Gasteiger partial charge in [-0.1, -0.05) is 22.0 Å². The molecule has 0 saturated carbocycles. The molecular weight excluding hydrogens is 359 g/mol. The molecule has 1 unspecified atom stereocenters. The summed E-state index contributed by atoms with van der Waals surface area (Å²) in [6.07, 6.45) is 0. The maximum atomic E-state index is 13.7. The third-order valence-corrected chi connectivity index (χ3v) is 4.84. The average molecular weight is 371 g/mol. The fourth-order valence-corrected chi connectivity index (χ4v) is 3.40. The van der Waals surface area contributed by atoms with Crippen LogP contribution >= 0.6 is 15.9 Å². The van der Waals surface area contributed by atoms with Crippen LogP contribution in [0, 0.1) is 12.7 Å². The first-order valence-corrected chi connectivity index (χ1v) is 8.16. The lowest BCUT2D eigenvalue weighted by atomic mass is 10.1. The van der Waals surface area contributed by atoms with Gasteiger partial charge in [-0.25, -0.2) is 9.18 Å². The van der Waals surface area contributed by atoms with E-state index in [2.05, 4.69) is 15.9 Å². The number of aromatic carboxylic acids is 1. The van der Waals surface area contributed by atoms with Gasteiger partial charge in [-0.15, -0.1) is 0 Å². The van der Waals surface area contributed by atoms with Crippen LogP contribution in [-0.4, -0.2) is 15.3 Å². The van der Waals surface area contributed by atoms with Gasteiger partial charge in [0.05, 0.1) is 22.1 Å². The molecule has 1 N–H and O–H groups in total. The second-order valence-electron chi connectivity index (χ2n) is 4.51. The van der Waals surface area contributed by atoms with Crippen LogP contribution in [0.25, 0.3) is 0 Å². The maximum absolute atomic E-state index is 13.7. The van der Waals surface area contributed by atoms with Crippen LogP contribution in [0.1, 0.15) is 21.5 Å². The highest BCUT2D eigenvalue weighted by Crippen LogP contribution is 2.21. The minimum Gasteiger partial charge on any atom is -0.478 e. The third kappa shape index (κ3) is 3.77. The number of carbonyl (C=O) groups is 1. The molecule has 0 fully saturated rings. The van der Waals surface area contributed by atoms with Gasteiger partial charge in [0.15, 0.2) is 0 Å². The third-order valence-electron chi connectivity index (χ3n) is 3.00. The van der Waals surface area contributed by atoms with E-state index in [-0.39, 0.29) is 11.3 Å². The van der Waals surface area contributed by atoms with Crippen molar-refractivity contribution < 1.29 is 18.5 Å². The van der Waals surface area contributed by atoms with Crippen molar-refractivity contribution in [2.75, 3.05) is 0 Å². The highest BCUT2D eigenvalue weighted by Gasteiger charge is 2.13. The minimum absolute atomic E-state index is 0.00655. The zero-order chi connectivity index (χ0) is 15.6. The Hall–Kier alpha value is -1.53. The van der Waals surface area contributed by atoms with Crippen LogP contribution in [0.5, 0.6) is 0 Å². The van der Waals surface area contributed by atoms with Gasteiger partial charge in [0.2, 0.25) is 0 Å². The first-order valence-electron chi connectivity index (χ1n) is 6.04. The van der Waals surface area contributed by atoms with E-state index in [1.807, 2.05) is 0 Å². The lowest BCUT2D eigenvalue weighted by molar-refractivity contribution is 0.0696. The summed E-state index contributed by atoms with van der Waals surface area (Å²) in [6.45, 7) is 1.67. The van der Waals surface area contributed by atoms with Crippen molar-refractivity contribution in [2.24, 2.45) is 0 Å². The summed E-state index contributed by atoms with van der Waals surface area (Å²) in [4.78, 5) is 11.5. The molecule has 0 radical (unpaired) electrons. The minimum atomic E-state index is -1.51. The largest absolute Gasteiger partial charge is 0.478 e. The zero-order valence-corrected chi connectivity index (χ0v) is 13.5. The fourth-order valence-electron chi connectivity index (χ4n) is 1.85. The summed E-state index contributed by atoms with van der Waals surface area (Å²) < 4.78 is 26.7. The molecule has 0 saturated heterocycles. The molecule has 2 rings (SSSR count). The van der Waals surface area contributed by atoms with E-state index >= 15 is 0 Å². The Morgan fingerprint density at radius 1 is 1.29 bits per heavy atom. The molecule has 2 aromatic carbocycles. The number of rotatable bonds is 4. The van der Waals surface area contributed by atoms with Crippen molar-refractivity contribution in [3.05, 3.63) is 63.4 Å². The number of carboxylic acid groups (broad SMARTS) is 1. The summed E-state index contributed by atoms with van der Waals surface area (Å²) in [6, 6.07) is 9.02. The highest BCUT2D eigenvalue weighted by molar-refractivity contribution is 9.10. The first-order chi connectivity index (χ1) is 9.88. The molecule has 0 aliphatic rings. The summed E-state index contributed by atoms with van der Waals surface area (Å²) in [5, 5.41) is 9.08. The van der Waals surface area contributed by atoms with Gasteiger partial charge in [0, 0.05) is 14.9 Å². The van der Waals surface area contributed by atoms with E-state index < -0.39 is 22.6 Å². The molecule has 110 valence electrons. The number of aryl methyl sites for hydroxylation is 1. The second kappa shape index (κ2) is 6.49. The molecule has 0 bridgehead atoms. The molecule has 3 nitrogen and oxygen atoms in total. The van der Waals surface area contributed by atoms with Gasteiger partial charge in [-0.2, -0.15) is 0 Å². The van der Waals surface area contributed by atoms with Gasteiger partial charge in [-0.3, -0.25) is 4.21 Å². The molecular formula is C15H12BrFO3S. The molecule has 0 aromatic heterocycles. The van der Waals surface area contributed by atoms with Crippen LogP contribution < -0.4 is 0 Å². The maximum Gasteiger partial charge on any atom is 0.335 e. The average Bonchev–Trinajstić information content (AvgIpc) is 2.43. The molecule has 0 heterocycles. The van der Waals surface area contributed by atoms with E-state index in [0.717, 1.165) is 0 Å². The summed E-state index contributed by atoms with van der Waals surface area (Å²) >= 11 is 3.24. The van der Waals surface area contributed by atoms with Gasteiger partial charge < -0.3 is 5.11 Å². The van der Waals surface area contributed by atoms with E-state index in [4.69, 9.17) is 5.11 Å². The summed E-state index contributed by atoms with van der Waals surface area (Å²) in [7, 11) is -1.51. The smallest absolute Gasteiger partial charge is 0.335 e. The van der Waals surface area contributed by atoms with Gasteiger partial charge in [0.1, 0.15) is 5.82 Å². The van der Waals surface area contributed by atoms with E-state index in [1.165, 1.54) is 12.1 Å². The van der Waals surface area contributed by atoms with E-state index in [9.17, 15) is 13.4 Å². The van der Waals surface area contributed by atoms with E-state index in [1.54, 1.807) is 31.2 Å². The van der Waals surface area contributed by atoms with Crippen LogP contribution in [0.4, 0.5) is 4.39 Å². The van der Waals surface area contributed by atoms with Crippen molar-refractivity contribution in [2.45, 2.75) is 17.6 Å². The highest BCUT2D eigenvalue weighted by atomic mass is 79.9. The predicted molar refractivity (Wildman–Crippen MR) is 82.4 cm³/mol. The predicted octanol–water partition coefficient (Wildman–Crippen LogP) is 3.90. The molecule has 6 heteroatoms. The van der Waals surface area contributed by atoms with E-state index in [0.29, 0.717) is 20.5 Å². The standard InChI is InChI=1S/C15H12BrFO3S/c1-9-2-4-12(7-13(9)15(18)19)21(20)8-10-6-11(16)3-5-14(10)17/h2-7H,8H2,1H3,(H,18,19). The molecule has 0 aliphatic carbocycles. The Bertz CT molecular complexity index is 731. The van der Waals surface area contributed by atoms with Crippen LogP contribution in [0.15, 0.2) is 45.8 Å². The molecule has 1 atom stereocenters. The number of halogens is 2. The van der Waals surface area contributed by atoms with Crippen molar-refractivity contribution in [1.82, 2.24) is 0 Å². The molecule has 2 aromatic rings. The van der Waals surface area contributed by atoms with Crippen molar-refractivity contribution >= 4 is 32.7 Å². The van der Waals surface area contributed by atoms with Gasteiger partial charge in [-0.05, 0) is 42.8 Å². The number of carboxylic acids is 1. The Kier molecular flexibility index (Phi) is 4.90. The Balaban J connectivity index is 2.30. The topological polar surface area (TPSA) is 54.4 Å². The lowest BCUT2D eigenvalue weighted by Crippen LogP contribution is -2.04. The fraction of sp³-hybridized carbons (Fsp3) is 0.133. The van der Waals surface area contributed by atoms with Gasteiger partial charge in [0.25, 0.3) is 0 Å². The van der Waals surface area contributed by atoms with Crippen LogP contribution in [0.3, 0.4) is 0 Å². The number of hydrogen-bond donors (Lipinski definition) is 1. The summed E-state index contributed by atoms with van der Waals surface area (Å²) in [5.41, 5.74) is 1.02. The van der Waals surface area contributed by atoms with Crippen molar-refractivity contribution in [3.8, 4) is 0 Å².